The van der Waals surface area contributed by atoms with Gasteiger partial charge in [0.1, 0.15) is 11.0 Å². The van der Waals surface area contributed by atoms with Gasteiger partial charge < -0.3 is 0 Å². The molecule has 0 spiro atoms. The highest BCUT2D eigenvalue weighted by Gasteiger charge is 2.54. The van der Waals surface area contributed by atoms with Crippen molar-refractivity contribution in [1.82, 2.24) is 29.2 Å². The summed E-state index contributed by atoms with van der Waals surface area (Å²) in [4.78, 5) is 1.52. The zero-order chi connectivity index (χ0) is 45.6. The number of aromatic nitrogens is 3. The van der Waals surface area contributed by atoms with E-state index in [2.05, 4.69) is 218 Å². The number of hydrogen-bond donors (Lipinski definition) is 0. The highest BCUT2D eigenvalue weighted by atomic mass is 31.2. The summed E-state index contributed by atoms with van der Waals surface area (Å²) in [6.07, 6.45) is 0. The van der Waals surface area contributed by atoms with Crippen molar-refractivity contribution in [1.29, 1.82) is 0 Å². The van der Waals surface area contributed by atoms with Crippen molar-refractivity contribution in [3.05, 3.63) is 218 Å². The summed E-state index contributed by atoms with van der Waals surface area (Å²) in [6.45, 7) is 0. The van der Waals surface area contributed by atoms with E-state index in [-0.39, 0.29) is 0 Å². The van der Waals surface area contributed by atoms with Crippen LogP contribution in [0.1, 0.15) is 0 Å². The average molecular weight is 920 g/mol. The fraction of sp³-hybridized carbons (Fsp3) is 0.107. The summed E-state index contributed by atoms with van der Waals surface area (Å²) in [5.74, 6) is 0. The summed E-state index contributed by atoms with van der Waals surface area (Å²) in [5.41, 5.74) is 4.38. The second-order valence-corrected chi connectivity index (χ2v) is 24.4. The van der Waals surface area contributed by atoms with Crippen LogP contribution < -0.4 is 36.5 Å². The van der Waals surface area contributed by atoms with Gasteiger partial charge in [0, 0.05) is 42.3 Å². The van der Waals surface area contributed by atoms with Crippen LogP contribution in [0.25, 0.3) is 43.7 Å². The molecule has 0 radical (unpaired) electrons. The molecule has 0 aliphatic rings. The van der Waals surface area contributed by atoms with Gasteiger partial charge in [-0.25, -0.2) is 0 Å². The number of fused-ring (bicyclic) bond motifs is 3. The molecule has 1 aromatic heterocycles. The van der Waals surface area contributed by atoms with Crippen LogP contribution in [0.5, 0.6) is 0 Å². The van der Waals surface area contributed by atoms with Gasteiger partial charge in [-0.1, -0.05) is 206 Å². The largest absolute Gasteiger partial charge is 0.449 e. The smallest absolute Gasteiger partial charge is 0.183 e. The van der Waals surface area contributed by atoms with E-state index in [0.29, 0.717) is 0 Å². The third-order valence-electron chi connectivity index (χ3n) is 11.7. The Morgan fingerprint density at radius 2 is 0.742 bits per heavy atom. The van der Waals surface area contributed by atoms with Crippen LogP contribution in [0.15, 0.2) is 218 Å². The maximum atomic E-state index is 6.27. The van der Waals surface area contributed by atoms with E-state index in [1.165, 1.54) is 69.3 Å². The molecular formula is C56H54N6OP3+. The Morgan fingerprint density at radius 3 is 1.14 bits per heavy atom. The normalized spacial score (nSPS) is 11.9. The molecule has 10 heteroatoms. The number of benzene rings is 9. The molecule has 10 aromatic rings. The number of rotatable bonds is 12. The SMILES string of the molecule is CN(C)[P+](On1nnc2ccccc21)(N(C)C)N(C)C.c1ccc(P(c2ccccc2)c2ccc3ccccc3c2-c2c(P(c3ccccc3)c3ccccc3)ccc3ccccc23)cc1. The zero-order valence-corrected chi connectivity index (χ0v) is 40.9. The van der Waals surface area contributed by atoms with Gasteiger partial charge in [0.05, 0.1) is 0 Å². The van der Waals surface area contributed by atoms with Gasteiger partial charge in [0.15, 0.2) is 0 Å². The first-order chi connectivity index (χ1) is 32.3. The maximum absolute atomic E-state index is 6.27. The molecule has 0 saturated heterocycles. The van der Waals surface area contributed by atoms with E-state index in [0.717, 1.165) is 11.0 Å². The standard InChI is InChI=1S/C44H32P2.C12H22N6OP/c1-5-19-35(20-6-1)45(36-21-7-2-8-22-36)41-31-29-33-17-13-15-27-39(33)43(41)44-40-28-16-14-18-34(40)30-32-42(44)46(37-23-9-3-10-24-37)38-25-11-4-12-26-38;1-15(2)20(16(3)4,17(5)6)19-18-12-10-8-7-9-11(12)13-14-18/h1-32H;7-10H,1-6H3/q;+1. The maximum Gasteiger partial charge on any atom is 0.449 e. The lowest BCUT2D eigenvalue weighted by Crippen LogP contribution is -2.42. The molecule has 1 heterocycles. The predicted octanol–water partition coefficient (Wildman–Crippen LogP) is 10.4. The first-order valence-electron chi connectivity index (χ1n) is 22.0. The van der Waals surface area contributed by atoms with Crippen molar-refractivity contribution >= 4 is 88.2 Å². The molecule has 0 aliphatic carbocycles. The number of hydrogen-bond acceptors (Lipinski definition) is 6. The van der Waals surface area contributed by atoms with Gasteiger partial charge in [0.25, 0.3) is 0 Å². The molecule has 0 unspecified atom stereocenters. The molecule has 0 bridgehead atoms. The van der Waals surface area contributed by atoms with E-state index in [1.54, 1.807) is 0 Å². The molecule has 10 rings (SSSR count). The van der Waals surface area contributed by atoms with Crippen molar-refractivity contribution in [2.75, 3.05) is 42.3 Å². The minimum atomic E-state index is -2.14. The summed E-state index contributed by atoms with van der Waals surface area (Å²) in [5, 5.41) is 21.6. The van der Waals surface area contributed by atoms with Crippen molar-refractivity contribution in [3.8, 4) is 11.1 Å². The summed E-state index contributed by atoms with van der Waals surface area (Å²) < 4.78 is 12.5. The van der Waals surface area contributed by atoms with Crippen molar-refractivity contribution in [3.63, 3.8) is 0 Å². The fourth-order valence-corrected chi connectivity index (χ4v) is 16.7. The van der Waals surface area contributed by atoms with Gasteiger partial charge in [-0.15, -0.1) is 19.1 Å². The van der Waals surface area contributed by atoms with E-state index in [9.17, 15) is 0 Å². The van der Waals surface area contributed by atoms with Crippen molar-refractivity contribution in [2.45, 2.75) is 0 Å². The molecule has 0 aliphatic heterocycles. The lowest BCUT2D eigenvalue weighted by molar-refractivity contribution is 0.189. The second-order valence-electron chi connectivity index (χ2n) is 16.5. The van der Waals surface area contributed by atoms with Crippen LogP contribution in [-0.4, -0.2) is 71.5 Å². The Labute approximate surface area is 391 Å². The number of nitrogens with zero attached hydrogens (tertiary/aromatic N) is 6. The Hall–Kier alpha value is -6.13. The van der Waals surface area contributed by atoms with Crippen LogP contribution in [0.4, 0.5) is 0 Å². The van der Waals surface area contributed by atoms with Crippen LogP contribution >= 0.6 is 23.8 Å². The molecule has 0 N–H and O–H groups in total. The van der Waals surface area contributed by atoms with E-state index < -0.39 is 23.8 Å². The lowest BCUT2D eigenvalue weighted by Gasteiger charge is -2.35. The van der Waals surface area contributed by atoms with Crippen LogP contribution in [0, 0.1) is 0 Å². The molecular weight excluding hydrogens is 866 g/mol. The monoisotopic (exact) mass is 919 g/mol. The van der Waals surface area contributed by atoms with Gasteiger partial charge in [-0.3, -0.25) is 0 Å². The lowest BCUT2D eigenvalue weighted by atomic mass is 9.93. The Morgan fingerprint density at radius 1 is 0.394 bits per heavy atom. The Bertz CT molecular complexity index is 2920. The third-order valence-corrected chi connectivity index (χ3v) is 20.1. The molecule has 9 aromatic carbocycles. The minimum Gasteiger partial charge on any atom is -0.183 e. The molecule has 0 amide bonds. The van der Waals surface area contributed by atoms with Gasteiger partial charge in [-0.05, 0) is 103 Å². The quantitative estimate of drug-likeness (QED) is 0.114. The molecule has 0 atom stereocenters. The van der Waals surface area contributed by atoms with Crippen LogP contribution in [0.2, 0.25) is 0 Å². The third kappa shape index (κ3) is 8.92. The Kier molecular flexibility index (Phi) is 13.8. The average Bonchev–Trinajstić information content (AvgIpc) is 3.77. The number of para-hydroxylation sites is 1. The van der Waals surface area contributed by atoms with E-state index in [4.69, 9.17) is 4.62 Å². The molecule has 7 nitrogen and oxygen atoms in total. The first kappa shape index (κ1) is 45.0. The molecule has 328 valence electrons. The van der Waals surface area contributed by atoms with Crippen LogP contribution in [-0.2, 0) is 0 Å². The molecule has 0 fully saturated rings. The van der Waals surface area contributed by atoms with Crippen molar-refractivity contribution in [2.24, 2.45) is 0 Å². The minimum absolute atomic E-state index is 0.821. The Balaban J connectivity index is 0.000000230. The summed E-state index contributed by atoms with van der Waals surface area (Å²) in [7, 11) is 8.19. The van der Waals surface area contributed by atoms with E-state index >= 15 is 0 Å². The molecule has 66 heavy (non-hydrogen) atoms. The van der Waals surface area contributed by atoms with Gasteiger partial charge in [-0.2, -0.15) is 4.62 Å². The van der Waals surface area contributed by atoms with Gasteiger partial charge in [0.2, 0.25) is 0 Å². The van der Waals surface area contributed by atoms with Crippen molar-refractivity contribution < 1.29 is 4.62 Å². The second kappa shape index (κ2) is 20.2. The van der Waals surface area contributed by atoms with Gasteiger partial charge >= 0.3 is 7.94 Å². The topological polar surface area (TPSA) is 49.7 Å². The predicted molar refractivity (Wildman–Crippen MR) is 286 cm³/mol. The zero-order valence-electron chi connectivity index (χ0n) is 38.2. The first-order valence-corrected chi connectivity index (χ1v) is 26.3. The highest BCUT2D eigenvalue weighted by molar-refractivity contribution is 7.81. The summed E-state index contributed by atoms with van der Waals surface area (Å²) in [6, 6.07) is 79.6. The van der Waals surface area contributed by atoms with Crippen LogP contribution in [0.3, 0.4) is 0 Å². The highest BCUT2D eigenvalue weighted by Crippen LogP contribution is 2.61. The molecule has 0 saturated carbocycles. The van der Waals surface area contributed by atoms with E-state index in [1.807, 2.05) is 66.6 Å². The summed E-state index contributed by atoms with van der Waals surface area (Å²) >= 11 is 0. The fourth-order valence-electron chi connectivity index (χ4n) is 8.88.